The first-order chi connectivity index (χ1) is 13.0. The fourth-order valence-corrected chi connectivity index (χ4v) is 3.25. The molecule has 0 saturated carbocycles. The summed E-state index contributed by atoms with van der Waals surface area (Å²) >= 11 is 1.71. The van der Waals surface area contributed by atoms with E-state index >= 15 is 0 Å². The highest BCUT2D eigenvalue weighted by Gasteiger charge is 2.06. The summed E-state index contributed by atoms with van der Waals surface area (Å²) in [6.45, 7) is 7.51. The predicted molar refractivity (Wildman–Crippen MR) is 128 cm³/mol. The molecule has 0 aliphatic heterocycles. The first-order valence-corrected chi connectivity index (χ1v) is 9.65. The monoisotopic (exact) mass is 511 g/mol. The lowest BCUT2D eigenvalue weighted by atomic mass is 10.2. The van der Waals surface area contributed by atoms with Gasteiger partial charge in [-0.25, -0.2) is 9.98 Å². The molecule has 0 atom stereocenters. The molecule has 3 N–H and O–H groups in total. The molecular weight excluding hydrogens is 485 g/mol. The van der Waals surface area contributed by atoms with Crippen molar-refractivity contribution in [1.29, 1.82) is 0 Å². The Kier molecular flexibility index (Phi) is 10.6. The summed E-state index contributed by atoms with van der Waals surface area (Å²) < 4.78 is 0. The zero-order valence-electron chi connectivity index (χ0n) is 16.3. The Labute approximate surface area is 187 Å². The third kappa shape index (κ3) is 7.86. The quantitative estimate of drug-likeness (QED) is 0.231. The van der Waals surface area contributed by atoms with E-state index in [1.54, 1.807) is 23.5 Å². The number of anilines is 1. The summed E-state index contributed by atoms with van der Waals surface area (Å²) in [5, 5.41) is 10.3. The second-order valence-electron chi connectivity index (χ2n) is 5.89. The Balaban J connectivity index is 0.00000392. The van der Waals surface area contributed by atoms with Crippen molar-refractivity contribution in [3.8, 4) is 12.3 Å². The summed E-state index contributed by atoms with van der Waals surface area (Å²) in [6, 6.07) is 7.17. The Morgan fingerprint density at radius 2 is 2.11 bits per heavy atom. The van der Waals surface area contributed by atoms with Crippen molar-refractivity contribution < 1.29 is 4.79 Å². The first kappa shape index (κ1) is 23.9. The van der Waals surface area contributed by atoms with E-state index < -0.39 is 0 Å². The molecule has 0 radical (unpaired) electrons. The summed E-state index contributed by atoms with van der Waals surface area (Å²) in [5.41, 5.74) is 2.47. The van der Waals surface area contributed by atoms with Crippen molar-refractivity contribution in [3.05, 3.63) is 45.4 Å². The van der Waals surface area contributed by atoms with Gasteiger partial charge in [-0.15, -0.1) is 41.7 Å². The van der Waals surface area contributed by atoms with Gasteiger partial charge in [-0.1, -0.05) is 12.0 Å². The van der Waals surface area contributed by atoms with E-state index in [-0.39, 0.29) is 36.4 Å². The molecule has 150 valence electrons. The molecule has 6 nitrogen and oxygen atoms in total. The highest BCUT2D eigenvalue weighted by atomic mass is 127. The number of aliphatic imine (C=N–C) groups is 1. The summed E-state index contributed by atoms with van der Waals surface area (Å²) in [6.07, 6.45) is 6.19. The number of thiazole rings is 1. The van der Waals surface area contributed by atoms with E-state index in [1.165, 1.54) is 4.88 Å². The molecule has 0 unspecified atom stereocenters. The zero-order chi connectivity index (χ0) is 19.6. The van der Waals surface area contributed by atoms with Crippen LogP contribution in [-0.2, 0) is 11.2 Å². The summed E-state index contributed by atoms with van der Waals surface area (Å²) in [5.74, 6) is 2.95. The lowest BCUT2D eigenvalue weighted by Gasteiger charge is -2.10. The molecule has 0 saturated heterocycles. The van der Waals surface area contributed by atoms with Crippen LogP contribution in [-0.4, -0.2) is 36.5 Å². The standard InChI is InChI=1S/C20H25N5OS.HI/c1-5-16-8-7-9-17(12-16)25-18(26)13-23-20(21-6-2)22-11-10-19-24-14(3)15(4)27-19;/h1,7-9,12H,6,10-11,13H2,2-4H3,(H,25,26)(H2,21,22,23);1H. The number of benzene rings is 1. The molecule has 2 rings (SSSR count). The van der Waals surface area contributed by atoms with Gasteiger partial charge < -0.3 is 16.0 Å². The molecule has 8 heteroatoms. The van der Waals surface area contributed by atoms with Crippen molar-refractivity contribution in [1.82, 2.24) is 15.6 Å². The number of aromatic nitrogens is 1. The maximum atomic E-state index is 12.1. The van der Waals surface area contributed by atoms with Crippen LogP contribution in [0.4, 0.5) is 5.69 Å². The van der Waals surface area contributed by atoms with Crippen LogP contribution in [0.1, 0.15) is 28.1 Å². The minimum Gasteiger partial charge on any atom is -0.357 e. The van der Waals surface area contributed by atoms with E-state index in [2.05, 4.69) is 38.8 Å². The number of rotatable bonds is 7. The van der Waals surface area contributed by atoms with Gasteiger partial charge in [-0.05, 0) is 39.0 Å². The molecule has 0 spiro atoms. The molecule has 0 aliphatic rings. The molecule has 1 amide bonds. The lowest BCUT2D eigenvalue weighted by molar-refractivity contribution is -0.114. The van der Waals surface area contributed by atoms with Crippen LogP contribution in [0.25, 0.3) is 0 Å². The summed E-state index contributed by atoms with van der Waals surface area (Å²) in [7, 11) is 0. The molecule has 28 heavy (non-hydrogen) atoms. The van der Waals surface area contributed by atoms with Gasteiger partial charge in [0.05, 0.1) is 10.7 Å². The lowest BCUT2D eigenvalue weighted by Crippen LogP contribution is -2.39. The fourth-order valence-electron chi connectivity index (χ4n) is 2.31. The minimum absolute atomic E-state index is 0. The number of carbonyl (C=O) groups is 1. The van der Waals surface area contributed by atoms with Crippen molar-refractivity contribution in [3.63, 3.8) is 0 Å². The largest absolute Gasteiger partial charge is 0.357 e. The molecular formula is C20H26IN5OS. The average Bonchev–Trinajstić information content (AvgIpc) is 2.97. The van der Waals surface area contributed by atoms with E-state index in [0.717, 1.165) is 22.7 Å². The smallest absolute Gasteiger partial charge is 0.246 e. The van der Waals surface area contributed by atoms with Crippen molar-refractivity contribution in [2.75, 3.05) is 25.0 Å². The van der Waals surface area contributed by atoms with Gasteiger partial charge in [0.25, 0.3) is 0 Å². The first-order valence-electron chi connectivity index (χ1n) is 8.83. The normalized spacial score (nSPS) is 10.6. The van der Waals surface area contributed by atoms with E-state index in [0.29, 0.717) is 24.7 Å². The number of carbonyl (C=O) groups excluding carboxylic acids is 1. The summed E-state index contributed by atoms with van der Waals surface area (Å²) in [4.78, 5) is 22.2. The van der Waals surface area contributed by atoms with Crippen LogP contribution in [0.5, 0.6) is 0 Å². The third-order valence-electron chi connectivity index (χ3n) is 3.74. The number of aryl methyl sites for hydroxylation is 2. The highest BCUT2D eigenvalue weighted by molar-refractivity contribution is 14.0. The van der Waals surface area contributed by atoms with Crippen LogP contribution in [0, 0.1) is 26.2 Å². The minimum atomic E-state index is -0.201. The Hall–Kier alpha value is -2.12. The van der Waals surface area contributed by atoms with Gasteiger partial charge in [0.1, 0.15) is 6.54 Å². The second kappa shape index (κ2) is 12.4. The Bertz CT molecular complexity index is 837. The maximum Gasteiger partial charge on any atom is 0.246 e. The number of terminal acetylenes is 1. The van der Waals surface area contributed by atoms with Crippen molar-refractivity contribution >= 4 is 52.9 Å². The molecule has 2 aromatic rings. The number of amides is 1. The van der Waals surface area contributed by atoms with Gasteiger partial charge in [-0.3, -0.25) is 4.79 Å². The van der Waals surface area contributed by atoms with Gasteiger partial charge >= 0.3 is 0 Å². The topological polar surface area (TPSA) is 78.4 Å². The average molecular weight is 511 g/mol. The van der Waals surface area contributed by atoms with Crippen LogP contribution >= 0.6 is 35.3 Å². The van der Waals surface area contributed by atoms with E-state index in [9.17, 15) is 4.79 Å². The third-order valence-corrected chi connectivity index (χ3v) is 4.87. The van der Waals surface area contributed by atoms with E-state index in [1.807, 2.05) is 26.0 Å². The molecule has 0 aliphatic carbocycles. The number of halogens is 1. The van der Waals surface area contributed by atoms with Crippen LogP contribution in [0.15, 0.2) is 29.3 Å². The fraction of sp³-hybridized carbons (Fsp3) is 0.350. The van der Waals surface area contributed by atoms with Crippen LogP contribution < -0.4 is 16.0 Å². The number of nitrogens with zero attached hydrogens (tertiary/aromatic N) is 2. The van der Waals surface area contributed by atoms with E-state index in [4.69, 9.17) is 6.42 Å². The van der Waals surface area contributed by atoms with Crippen molar-refractivity contribution in [2.45, 2.75) is 27.2 Å². The molecule has 1 aromatic carbocycles. The molecule has 0 fully saturated rings. The van der Waals surface area contributed by atoms with Gasteiger partial charge in [-0.2, -0.15) is 0 Å². The second-order valence-corrected chi connectivity index (χ2v) is 7.18. The molecule has 1 aromatic heterocycles. The Morgan fingerprint density at radius 3 is 2.75 bits per heavy atom. The van der Waals surface area contributed by atoms with Gasteiger partial charge in [0.2, 0.25) is 5.91 Å². The number of hydrogen-bond donors (Lipinski definition) is 3. The number of guanidine groups is 1. The Morgan fingerprint density at radius 1 is 1.32 bits per heavy atom. The SMILES string of the molecule is C#Cc1cccc(NC(=O)CN=C(NCC)NCCc2nc(C)c(C)s2)c1.I. The van der Waals surface area contributed by atoms with Crippen LogP contribution in [0.3, 0.4) is 0 Å². The van der Waals surface area contributed by atoms with Crippen molar-refractivity contribution in [2.24, 2.45) is 4.99 Å². The van der Waals surface area contributed by atoms with Crippen LogP contribution in [0.2, 0.25) is 0 Å². The maximum absolute atomic E-state index is 12.1. The zero-order valence-corrected chi connectivity index (χ0v) is 19.5. The predicted octanol–water partition coefficient (Wildman–Crippen LogP) is 3.10. The van der Waals surface area contributed by atoms with Gasteiger partial charge in [0.15, 0.2) is 5.96 Å². The molecule has 0 bridgehead atoms. The highest BCUT2D eigenvalue weighted by Crippen LogP contribution is 2.16. The van der Waals surface area contributed by atoms with Gasteiger partial charge in [0, 0.05) is 35.6 Å². The number of hydrogen-bond acceptors (Lipinski definition) is 4. The number of nitrogens with one attached hydrogen (secondary N) is 3. The molecule has 1 heterocycles.